The van der Waals surface area contributed by atoms with Gasteiger partial charge in [-0.25, -0.2) is 4.79 Å². The van der Waals surface area contributed by atoms with Crippen LogP contribution in [-0.2, 0) is 14.3 Å². The van der Waals surface area contributed by atoms with Gasteiger partial charge in [0.25, 0.3) is 5.91 Å². The Bertz CT molecular complexity index is 504. The number of esters is 1. The number of nitrogen functional groups attached to an aromatic ring is 1. The minimum atomic E-state index is -0.615. The molecule has 0 saturated carbocycles. The summed E-state index contributed by atoms with van der Waals surface area (Å²) in [7, 11) is 2.80. The van der Waals surface area contributed by atoms with Crippen molar-refractivity contribution < 1.29 is 23.8 Å². The maximum absolute atomic E-state index is 11.7. The Hall–Kier alpha value is -2.28. The van der Waals surface area contributed by atoms with Gasteiger partial charge in [0.05, 0.1) is 13.7 Å². The summed E-state index contributed by atoms with van der Waals surface area (Å²) in [6.07, 6.45) is 0. The fourth-order valence-corrected chi connectivity index (χ4v) is 1.74. The fraction of sp³-hybridized carbons (Fsp3) is 0.429. The van der Waals surface area contributed by atoms with Gasteiger partial charge in [-0.05, 0) is 19.1 Å². The summed E-state index contributed by atoms with van der Waals surface area (Å²) in [6, 6.07) is 4.60. The number of methoxy groups -OCH3 is 2. The van der Waals surface area contributed by atoms with E-state index in [0.29, 0.717) is 6.61 Å². The van der Waals surface area contributed by atoms with Gasteiger partial charge in [0.2, 0.25) is 0 Å². The van der Waals surface area contributed by atoms with E-state index in [4.69, 9.17) is 15.2 Å². The molecular weight excluding hydrogens is 276 g/mol. The average Bonchev–Trinajstić information content (AvgIpc) is 2.44. The smallest absolute Gasteiger partial charge is 0.343 e. The Balaban J connectivity index is 2.69. The molecule has 1 aromatic rings. The van der Waals surface area contributed by atoms with Crippen molar-refractivity contribution in [2.24, 2.45) is 0 Å². The molecule has 1 unspecified atom stereocenters. The van der Waals surface area contributed by atoms with Crippen molar-refractivity contribution in [3.63, 3.8) is 0 Å². The Morgan fingerprint density at radius 3 is 2.67 bits per heavy atom. The van der Waals surface area contributed by atoms with Crippen molar-refractivity contribution in [2.45, 2.75) is 13.0 Å². The standard InChI is InChI=1S/C14H20N2O5/c1-9(7-19-2)16-12(17)8-21-11-6-4-5-10(15)13(11)14(18)20-3/h4-6,9H,7-8,15H2,1-3H3,(H,16,17). The first-order chi connectivity index (χ1) is 9.99. The van der Waals surface area contributed by atoms with Gasteiger partial charge in [-0.2, -0.15) is 0 Å². The van der Waals surface area contributed by atoms with E-state index >= 15 is 0 Å². The number of nitrogens with one attached hydrogen (secondary N) is 1. The van der Waals surface area contributed by atoms with Crippen LogP contribution >= 0.6 is 0 Å². The zero-order valence-electron chi connectivity index (χ0n) is 12.3. The monoisotopic (exact) mass is 296 g/mol. The van der Waals surface area contributed by atoms with Crippen molar-refractivity contribution in [1.29, 1.82) is 0 Å². The van der Waals surface area contributed by atoms with E-state index in [1.54, 1.807) is 25.3 Å². The Morgan fingerprint density at radius 1 is 1.33 bits per heavy atom. The maximum Gasteiger partial charge on any atom is 0.343 e. The van der Waals surface area contributed by atoms with E-state index in [1.165, 1.54) is 7.11 Å². The van der Waals surface area contributed by atoms with E-state index in [-0.39, 0.29) is 35.6 Å². The molecule has 1 atom stereocenters. The highest BCUT2D eigenvalue weighted by Crippen LogP contribution is 2.25. The summed E-state index contributed by atoms with van der Waals surface area (Å²) in [5.41, 5.74) is 6.06. The second kappa shape index (κ2) is 8.11. The quantitative estimate of drug-likeness (QED) is 0.564. The van der Waals surface area contributed by atoms with Crippen LogP contribution in [0.5, 0.6) is 5.75 Å². The highest BCUT2D eigenvalue weighted by atomic mass is 16.5. The zero-order valence-corrected chi connectivity index (χ0v) is 12.3. The van der Waals surface area contributed by atoms with Crippen molar-refractivity contribution in [3.8, 4) is 5.75 Å². The van der Waals surface area contributed by atoms with Crippen LogP contribution in [0.25, 0.3) is 0 Å². The number of hydrogen-bond donors (Lipinski definition) is 2. The lowest BCUT2D eigenvalue weighted by atomic mass is 10.1. The molecule has 0 spiro atoms. The zero-order chi connectivity index (χ0) is 15.8. The summed E-state index contributed by atoms with van der Waals surface area (Å²) < 4.78 is 14.9. The van der Waals surface area contributed by atoms with Crippen LogP contribution in [0.1, 0.15) is 17.3 Å². The number of benzene rings is 1. The first-order valence-corrected chi connectivity index (χ1v) is 6.37. The maximum atomic E-state index is 11.7. The van der Waals surface area contributed by atoms with Crippen molar-refractivity contribution in [1.82, 2.24) is 5.32 Å². The van der Waals surface area contributed by atoms with E-state index in [0.717, 1.165) is 0 Å². The van der Waals surface area contributed by atoms with Crippen LogP contribution in [0.3, 0.4) is 0 Å². The van der Waals surface area contributed by atoms with Gasteiger partial charge < -0.3 is 25.3 Å². The summed E-state index contributed by atoms with van der Waals surface area (Å²) in [4.78, 5) is 23.4. The SMILES string of the molecule is COCC(C)NC(=O)COc1cccc(N)c1C(=O)OC. The highest BCUT2D eigenvalue weighted by molar-refractivity contribution is 5.98. The van der Waals surface area contributed by atoms with Crippen LogP contribution in [0.4, 0.5) is 5.69 Å². The lowest BCUT2D eigenvalue weighted by Crippen LogP contribution is -2.38. The van der Waals surface area contributed by atoms with E-state index in [2.05, 4.69) is 10.1 Å². The van der Waals surface area contributed by atoms with Gasteiger partial charge in [-0.3, -0.25) is 4.79 Å². The molecule has 0 aromatic heterocycles. The third-order valence-electron chi connectivity index (χ3n) is 2.63. The molecule has 0 fully saturated rings. The largest absolute Gasteiger partial charge is 0.483 e. The number of anilines is 1. The first-order valence-electron chi connectivity index (χ1n) is 6.37. The summed E-state index contributed by atoms with van der Waals surface area (Å²) in [6.45, 7) is 1.97. The number of hydrogen-bond acceptors (Lipinski definition) is 6. The van der Waals surface area contributed by atoms with Crippen molar-refractivity contribution >= 4 is 17.6 Å². The lowest BCUT2D eigenvalue weighted by molar-refractivity contribution is -0.124. The van der Waals surface area contributed by atoms with Crippen molar-refractivity contribution in [3.05, 3.63) is 23.8 Å². The number of carbonyl (C=O) groups is 2. The van der Waals surface area contributed by atoms with Gasteiger partial charge in [-0.15, -0.1) is 0 Å². The second-order valence-corrected chi connectivity index (χ2v) is 4.42. The molecular formula is C14H20N2O5. The molecule has 0 aliphatic rings. The third kappa shape index (κ3) is 4.96. The van der Waals surface area contributed by atoms with Gasteiger partial charge in [0.15, 0.2) is 6.61 Å². The Morgan fingerprint density at radius 2 is 2.05 bits per heavy atom. The molecule has 0 radical (unpaired) electrons. The van der Waals surface area contributed by atoms with Crippen LogP contribution in [0.15, 0.2) is 18.2 Å². The van der Waals surface area contributed by atoms with Crippen LogP contribution in [-0.4, -0.2) is 45.4 Å². The molecule has 7 heteroatoms. The molecule has 0 saturated heterocycles. The summed E-state index contributed by atoms with van der Waals surface area (Å²) in [5, 5.41) is 2.69. The van der Waals surface area contributed by atoms with Gasteiger partial charge in [0.1, 0.15) is 11.3 Å². The van der Waals surface area contributed by atoms with E-state index < -0.39 is 5.97 Å². The van der Waals surface area contributed by atoms with E-state index in [9.17, 15) is 9.59 Å². The normalized spacial score (nSPS) is 11.6. The first kappa shape index (κ1) is 16.8. The Labute approximate surface area is 123 Å². The molecule has 0 heterocycles. The fourth-order valence-electron chi connectivity index (χ4n) is 1.74. The van der Waals surface area contributed by atoms with Gasteiger partial charge >= 0.3 is 5.97 Å². The number of nitrogens with two attached hydrogens (primary N) is 1. The second-order valence-electron chi connectivity index (χ2n) is 4.42. The molecule has 21 heavy (non-hydrogen) atoms. The minimum absolute atomic E-state index is 0.109. The molecule has 1 aromatic carbocycles. The molecule has 116 valence electrons. The van der Waals surface area contributed by atoms with Crippen LogP contribution < -0.4 is 15.8 Å². The predicted molar refractivity (Wildman–Crippen MR) is 77.2 cm³/mol. The molecule has 3 N–H and O–H groups in total. The molecule has 0 aliphatic carbocycles. The summed E-state index contributed by atoms with van der Waals surface area (Å²) in [5.74, 6) is -0.731. The molecule has 1 rings (SSSR count). The van der Waals surface area contributed by atoms with Crippen LogP contribution in [0.2, 0.25) is 0 Å². The number of ether oxygens (including phenoxy) is 3. The highest BCUT2D eigenvalue weighted by Gasteiger charge is 2.17. The molecule has 0 aliphatic heterocycles. The van der Waals surface area contributed by atoms with Gasteiger partial charge in [0, 0.05) is 18.8 Å². The molecule has 1 amide bonds. The molecule has 0 bridgehead atoms. The van der Waals surface area contributed by atoms with Crippen molar-refractivity contribution in [2.75, 3.05) is 33.2 Å². The van der Waals surface area contributed by atoms with Crippen LogP contribution in [0, 0.1) is 0 Å². The Kier molecular flexibility index (Phi) is 6.48. The summed E-state index contributed by atoms with van der Waals surface area (Å²) >= 11 is 0. The molecule has 7 nitrogen and oxygen atoms in total. The van der Waals surface area contributed by atoms with E-state index in [1.807, 2.05) is 6.92 Å². The average molecular weight is 296 g/mol. The minimum Gasteiger partial charge on any atom is -0.483 e. The topological polar surface area (TPSA) is 99.9 Å². The lowest BCUT2D eigenvalue weighted by Gasteiger charge is -2.14. The predicted octanol–water partition coefficient (Wildman–Crippen LogP) is 0.585. The number of rotatable bonds is 7. The van der Waals surface area contributed by atoms with Gasteiger partial charge in [-0.1, -0.05) is 6.07 Å². The third-order valence-corrected chi connectivity index (χ3v) is 2.63. The number of carbonyl (C=O) groups excluding carboxylic acids is 2. The number of amides is 1.